The number of nitro benzene ring substituents is 1. The Hall–Kier alpha value is -3.61. The zero-order valence-electron chi connectivity index (χ0n) is 12.9. The normalized spacial score (nSPS) is 10.4. The van der Waals surface area contributed by atoms with Gasteiger partial charge in [-0.05, 0) is 18.2 Å². The van der Waals surface area contributed by atoms with Gasteiger partial charge in [0.25, 0.3) is 11.5 Å². The molecule has 7 heteroatoms. The van der Waals surface area contributed by atoms with Crippen molar-refractivity contribution in [3.05, 3.63) is 82.0 Å². The number of hydrogen-bond donors (Lipinski definition) is 0. The first-order valence-electron chi connectivity index (χ1n) is 7.35. The maximum Gasteiger partial charge on any atom is 0.380 e. The highest BCUT2D eigenvalue weighted by molar-refractivity contribution is 6.40. The standard InChI is InChI=1S/C18H12N2O5/c21-17(12-5-2-1-3-6-12)18(22)25-11-13-8-9-15(20(23)24)14-7-4-10-19-16(13)14/h1-10H,11H2. The Balaban J connectivity index is 1.82. The number of carbonyl (C=O) groups is 2. The molecule has 0 spiro atoms. The second-order valence-electron chi connectivity index (χ2n) is 5.17. The van der Waals surface area contributed by atoms with Crippen molar-refractivity contribution in [2.45, 2.75) is 6.61 Å². The molecule has 2 aromatic carbocycles. The van der Waals surface area contributed by atoms with Crippen LogP contribution in [0.15, 0.2) is 60.8 Å². The van der Waals surface area contributed by atoms with Gasteiger partial charge in [-0.3, -0.25) is 19.9 Å². The lowest BCUT2D eigenvalue weighted by atomic mass is 10.1. The topological polar surface area (TPSA) is 99.4 Å². The van der Waals surface area contributed by atoms with Crippen LogP contribution in [0.25, 0.3) is 10.9 Å². The summed E-state index contributed by atoms with van der Waals surface area (Å²) < 4.78 is 5.05. The quantitative estimate of drug-likeness (QED) is 0.233. The Kier molecular flexibility index (Phi) is 4.47. The number of aromatic nitrogens is 1. The number of hydrogen-bond acceptors (Lipinski definition) is 6. The Morgan fingerprint density at radius 1 is 1.04 bits per heavy atom. The van der Waals surface area contributed by atoms with Crippen LogP contribution in [0.5, 0.6) is 0 Å². The summed E-state index contributed by atoms with van der Waals surface area (Å²) >= 11 is 0. The highest BCUT2D eigenvalue weighted by Crippen LogP contribution is 2.27. The van der Waals surface area contributed by atoms with Crippen LogP contribution in [-0.4, -0.2) is 21.7 Å². The first kappa shape index (κ1) is 16.3. The summed E-state index contributed by atoms with van der Waals surface area (Å²) in [5.41, 5.74) is 0.991. The average Bonchev–Trinajstić information content (AvgIpc) is 2.65. The zero-order valence-corrected chi connectivity index (χ0v) is 12.9. The molecule has 0 saturated carbocycles. The van der Waals surface area contributed by atoms with Crippen molar-refractivity contribution < 1.29 is 19.2 Å². The van der Waals surface area contributed by atoms with Crippen molar-refractivity contribution in [2.24, 2.45) is 0 Å². The van der Waals surface area contributed by atoms with Crippen LogP contribution < -0.4 is 0 Å². The Labute approximate surface area is 142 Å². The molecule has 0 saturated heterocycles. The lowest BCUT2D eigenvalue weighted by Crippen LogP contribution is -2.17. The number of rotatable bonds is 5. The minimum absolute atomic E-state index is 0.0847. The zero-order chi connectivity index (χ0) is 17.8. The number of Topliss-reactive ketones (excluding diaryl/α,β-unsaturated/α-hetero) is 1. The van der Waals surface area contributed by atoms with Crippen LogP contribution in [0.3, 0.4) is 0 Å². The first-order chi connectivity index (χ1) is 12.1. The fourth-order valence-electron chi connectivity index (χ4n) is 2.41. The number of fused-ring (bicyclic) bond motifs is 1. The molecule has 0 N–H and O–H groups in total. The van der Waals surface area contributed by atoms with Crippen LogP contribution in [0.4, 0.5) is 5.69 Å². The molecule has 3 rings (SSSR count). The van der Waals surface area contributed by atoms with E-state index >= 15 is 0 Å². The third-order valence-electron chi connectivity index (χ3n) is 3.61. The van der Waals surface area contributed by atoms with Crippen LogP contribution in [0.2, 0.25) is 0 Å². The third kappa shape index (κ3) is 3.35. The predicted octanol–water partition coefficient (Wildman–Crippen LogP) is 3.07. The molecule has 0 fully saturated rings. The number of carbonyl (C=O) groups excluding carboxylic acids is 2. The van der Waals surface area contributed by atoms with Gasteiger partial charge in [0.2, 0.25) is 0 Å². The number of ketones is 1. The molecular weight excluding hydrogens is 324 g/mol. The largest absolute Gasteiger partial charge is 0.455 e. The summed E-state index contributed by atoms with van der Waals surface area (Å²) in [7, 11) is 0. The molecule has 25 heavy (non-hydrogen) atoms. The molecule has 0 aliphatic carbocycles. The van der Waals surface area contributed by atoms with Crippen LogP contribution in [-0.2, 0) is 16.1 Å². The minimum Gasteiger partial charge on any atom is -0.455 e. The second-order valence-corrected chi connectivity index (χ2v) is 5.17. The van der Waals surface area contributed by atoms with Gasteiger partial charge in [0, 0.05) is 23.4 Å². The fourth-order valence-corrected chi connectivity index (χ4v) is 2.41. The van der Waals surface area contributed by atoms with Gasteiger partial charge in [0.15, 0.2) is 0 Å². The van der Waals surface area contributed by atoms with Crippen LogP contribution in [0.1, 0.15) is 15.9 Å². The number of esters is 1. The highest BCUT2D eigenvalue weighted by Gasteiger charge is 2.19. The SMILES string of the molecule is O=C(OCc1ccc([N+](=O)[O-])c2cccnc12)C(=O)c1ccccc1. The van der Waals surface area contributed by atoms with Gasteiger partial charge in [0.05, 0.1) is 15.8 Å². The number of nitrogens with zero attached hydrogens (tertiary/aromatic N) is 2. The number of nitro groups is 1. The maximum atomic E-state index is 12.0. The van der Waals surface area contributed by atoms with E-state index in [-0.39, 0.29) is 17.9 Å². The van der Waals surface area contributed by atoms with E-state index < -0.39 is 16.7 Å². The molecule has 0 amide bonds. The summed E-state index contributed by atoms with van der Waals surface area (Å²) in [6.07, 6.45) is 1.49. The highest BCUT2D eigenvalue weighted by atomic mass is 16.6. The molecule has 0 bridgehead atoms. The Morgan fingerprint density at radius 3 is 2.52 bits per heavy atom. The van der Waals surface area contributed by atoms with Crippen LogP contribution >= 0.6 is 0 Å². The molecule has 0 unspecified atom stereocenters. The van der Waals surface area contributed by atoms with Gasteiger partial charge in [-0.2, -0.15) is 0 Å². The van der Waals surface area contributed by atoms with Crippen molar-refractivity contribution in [3.8, 4) is 0 Å². The molecule has 0 atom stereocenters. The summed E-state index contributed by atoms with van der Waals surface area (Å²) in [6, 6.07) is 14.0. The van der Waals surface area contributed by atoms with E-state index in [9.17, 15) is 19.7 Å². The number of benzene rings is 2. The molecule has 0 aliphatic rings. The van der Waals surface area contributed by atoms with Gasteiger partial charge >= 0.3 is 5.97 Å². The van der Waals surface area contributed by atoms with Crippen LogP contribution in [0, 0.1) is 10.1 Å². The van der Waals surface area contributed by atoms with Crippen molar-refractivity contribution >= 4 is 28.3 Å². The van der Waals surface area contributed by atoms with E-state index in [0.717, 1.165) is 0 Å². The van der Waals surface area contributed by atoms with Gasteiger partial charge < -0.3 is 4.74 Å². The summed E-state index contributed by atoms with van der Waals surface area (Å²) in [6.45, 7) is -0.205. The van der Waals surface area contributed by atoms with Crippen molar-refractivity contribution in [2.75, 3.05) is 0 Å². The van der Waals surface area contributed by atoms with Gasteiger partial charge in [-0.15, -0.1) is 0 Å². The monoisotopic (exact) mass is 336 g/mol. The minimum atomic E-state index is -0.992. The molecule has 1 aromatic heterocycles. The first-order valence-corrected chi connectivity index (χ1v) is 7.35. The van der Waals surface area contributed by atoms with E-state index in [2.05, 4.69) is 4.98 Å². The predicted molar refractivity (Wildman–Crippen MR) is 89.0 cm³/mol. The average molecular weight is 336 g/mol. The lowest BCUT2D eigenvalue weighted by molar-refractivity contribution is -0.383. The second kappa shape index (κ2) is 6.88. The molecule has 124 valence electrons. The van der Waals surface area contributed by atoms with Gasteiger partial charge in [0.1, 0.15) is 6.61 Å². The molecule has 1 heterocycles. The smallest absolute Gasteiger partial charge is 0.380 e. The third-order valence-corrected chi connectivity index (χ3v) is 3.61. The molecular formula is C18H12N2O5. The molecule has 0 radical (unpaired) electrons. The fraction of sp³-hybridized carbons (Fsp3) is 0.0556. The Morgan fingerprint density at radius 2 is 1.80 bits per heavy atom. The van der Waals surface area contributed by atoms with E-state index in [1.165, 1.54) is 30.5 Å². The summed E-state index contributed by atoms with van der Waals surface area (Å²) in [5.74, 6) is -1.74. The summed E-state index contributed by atoms with van der Waals surface area (Å²) in [5, 5.41) is 11.4. The molecule has 3 aromatic rings. The number of pyridine rings is 1. The molecule has 7 nitrogen and oxygen atoms in total. The van der Waals surface area contributed by atoms with Gasteiger partial charge in [-0.25, -0.2) is 4.79 Å². The van der Waals surface area contributed by atoms with E-state index in [1.807, 2.05) is 0 Å². The maximum absolute atomic E-state index is 12.0. The number of ether oxygens (including phenoxy) is 1. The van der Waals surface area contributed by atoms with E-state index in [0.29, 0.717) is 16.5 Å². The van der Waals surface area contributed by atoms with Gasteiger partial charge in [-0.1, -0.05) is 30.3 Å². The molecule has 0 aliphatic heterocycles. The lowest BCUT2D eigenvalue weighted by Gasteiger charge is -2.07. The van der Waals surface area contributed by atoms with E-state index in [4.69, 9.17) is 4.74 Å². The van der Waals surface area contributed by atoms with E-state index in [1.54, 1.807) is 30.3 Å². The van der Waals surface area contributed by atoms with Crippen molar-refractivity contribution in [3.63, 3.8) is 0 Å². The summed E-state index contributed by atoms with van der Waals surface area (Å²) in [4.78, 5) is 38.6. The van der Waals surface area contributed by atoms with Crippen molar-refractivity contribution in [1.29, 1.82) is 0 Å². The van der Waals surface area contributed by atoms with Crippen molar-refractivity contribution in [1.82, 2.24) is 4.98 Å². The number of non-ortho nitro benzene ring substituents is 1. The Bertz CT molecular complexity index is 970.